The molecule has 0 saturated carbocycles. The Balaban J connectivity index is 1.73. The van der Waals surface area contributed by atoms with E-state index in [1.165, 1.54) is 11.3 Å². The Morgan fingerprint density at radius 1 is 1.12 bits per heavy atom. The number of hydrogen-bond donors (Lipinski definition) is 1. The van der Waals surface area contributed by atoms with Gasteiger partial charge in [-0.25, -0.2) is 4.98 Å². The highest BCUT2D eigenvalue weighted by atomic mass is 35.5. The number of anilines is 1. The number of amides is 1. The molecular formula is C17H12Cl4N2O2S. The van der Waals surface area contributed by atoms with Gasteiger partial charge in [0.25, 0.3) is 5.91 Å². The van der Waals surface area contributed by atoms with E-state index in [-0.39, 0.29) is 28.3 Å². The van der Waals surface area contributed by atoms with Crippen LogP contribution in [0.15, 0.2) is 18.2 Å². The van der Waals surface area contributed by atoms with Gasteiger partial charge in [0.05, 0.1) is 20.3 Å². The summed E-state index contributed by atoms with van der Waals surface area (Å²) in [5.41, 5.74) is 2.05. The average molecular weight is 450 g/mol. The molecule has 4 nitrogen and oxygen atoms in total. The highest BCUT2D eigenvalue weighted by Crippen LogP contribution is 2.42. The molecular weight excluding hydrogens is 438 g/mol. The van der Waals surface area contributed by atoms with E-state index in [4.69, 9.17) is 51.1 Å². The van der Waals surface area contributed by atoms with Crippen molar-refractivity contribution in [3.63, 3.8) is 0 Å². The number of fused-ring (bicyclic) bond motifs is 1. The standard InChI is InChI=1S/C17H12Cl4N2O2S/c1-7-13(19)8(2)15(21)16(14(7)20)25-6-12(24)23-17-22-10-4-3-9(18)5-11(10)26-17/h3-5H,6H2,1-2H3,(H,22,23,24). The summed E-state index contributed by atoms with van der Waals surface area (Å²) in [6, 6.07) is 5.33. The van der Waals surface area contributed by atoms with E-state index in [2.05, 4.69) is 10.3 Å². The summed E-state index contributed by atoms with van der Waals surface area (Å²) in [5, 5.41) is 4.80. The van der Waals surface area contributed by atoms with Crippen molar-refractivity contribution in [3.05, 3.63) is 49.4 Å². The normalized spacial score (nSPS) is 11.0. The molecule has 0 spiro atoms. The molecule has 1 heterocycles. The topological polar surface area (TPSA) is 51.2 Å². The lowest BCUT2D eigenvalue weighted by atomic mass is 10.1. The maximum Gasteiger partial charge on any atom is 0.264 e. The van der Waals surface area contributed by atoms with Crippen LogP contribution in [0.2, 0.25) is 20.1 Å². The van der Waals surface area contributed by atoms with Gasteiger partial charge < -0.3 is 4.74 Å². The fourth-order valence-corrected chi connectivity index (χ4v) is 4.26. The molecule has 1 aromatic heterocycles. The summed E-state index contributed by atoms with van der Waals surface area (Å²) in [7, 11) is 0. The van der Waals surface area contributed by atoms with Gasteiger partial charge in [-0.05, 0) is 43.2 Å². The van der Waals surface area contributed by atoms with Crippen LogP contribution in [0.5, 0.6) is 5.75 Å². The third-order valence-electron chi connectivity index (χ3n) is 3.66. The van der Waals surface area contributed by atoms with Gasteiger partial charge >= 0.3 is 0 Å². The third-order valence-corrected chi connectivity index (χ3v) is 6.31. The molecule has 26 heavy (non-hydrogen) atoms. The largest absolute Gasteiger partial charge is 0.481 e. The zero-order valence-electron chi connectivity index (χ0n) is 13.6. The first-order valence-corrected chi connectivity index (χ1v) is 9.73. The minimum atomic E-state index is -0.382. The van der Waals surface area contributed by atoms with Crippen LogP contribution in [-0.4, -0.2) is 17.5 Å². The molecule has 0 aliphatic carbocycles. The van der Waals surface area contributed by atoms with Crippen molar-refractivity contribution in [1.82, 2.24) is 4.98 Å². The predicted molar refractivity (Wildman–Crippen MR) is 110 cm³/mol. The zero-order valence-corrected chi connectivity index (χ0v) is 17.5. The molecule has 0 unspecified atom stereocenters. The van der Waals surface area contributed by atoms with Crippen LogP contribution in [0.1, 0.15) is 11.1 Å². The number of aromatic nitrogens is 1. The Morgan fingerprint density at radius 3 is 2.42 bits per heavy atom. The first-order valence-electron chi connectivity index (χ1n) is 7.40. The summed E-state index contributed by atoms with van der Waals surface area (Å²) >= 11 is 25.9. The molecule has 3 rings (SSSR count). The zero-order chi connectivity index (χ0) is 19.0. The first kappa shape index (κ1) is 19.5. The van der Waals surface area contributed by atoms with Crippen LogP contribution >= 0.6 is 57.7 Å². The van der Waals surface area contributed by atoms with Crippen molar-refractivity contribution < 1.29 is 9.53 Å². The summed E-state index contributed by atoms with van der Waals surface area (Å²) in [4.78, 5) is 16.5. The monoisotopic (exact) mass is 448 g/mol. The quantitative estimate of drug-likeness (QED) is 0.491. The van der Waals surface area contributed by atoms with Crippen molar-refractivity contribution >= 4 is 79.0 Å². The van der Waals surface area contributed by atoms with E-state index in [1.807, 2.05) is 0 Å². The van der Waals surface area contributed by atoms with E-state index < -0.39 is 0 Å². The summed E-state index contributed by atoms with van der Waals surface area (Å²) in [6.07, 6.45) is 0. The Hall–Kier alpha value is -1.24. The second kappa shape index (κ2) is 7.79. The summed E-state index contributed by atoms with van der Waals surface area (Å²) in [6.45, 7) is 3.25. The lowest BCUT2D eigenvalue weighted by Crippen LogP contribution is -2.20. The summed E-state index contributed by atoms with van der Waals surface area (Å²) < 4.78 is 6.41. The van der Waals surface area contributed by atoms with Gasteiger partial charge in [-0.1, -0.05) is 57.7 Å². The van der Waals surface area contributed by atoms with Gasteiger partial charge in [0.1, 0.15) is 0 Å². The second-order valence-electron chi connectivity index (χ2n) is 5.49. The molecule has 0 aliphatic heterocycles. The lowest BCUT2D eigenvalue weighted by molar-refractivity contribution is -0.118. The summed E-state index contributed by atoms with van der Waals surface area (Å²) in [5.74, 6) is -0.147. The van der Waals surface area contributed by atoms with Gasteiger partial charge in [0, 0.05) is 10.0 Å². The number of benzene rings is 2. The maximum atomic E-state index is 12.2. The molecule has 3 aromatic rings. The number of halogens is 4. The van der Waals surface area contributed by atoms with Gasteiger partial charge in [-0.15, -0.1) is 0 Å². The van der Waals surface area contributed by atoms with Crippen LogP contribution in [0.4, 0.5) is 5.13 Å². The molecule has 0 aliphatic rings. The van der Waals surface area contributed by atoms with E-state index in [0.717, 1.165) is 10.2 Å². The Kier molecular flexibility index (Phi) is 5.85. The average Bonchev–Trinajstić information content (AvgIpc) is 2.99. The number of thiazole rings is 1. The number of nitrogens with zero attached hydrogens (tertiary/aromatic N) is 1. The minimum absolute atomic E-state index is 0.235. The SMILES string of the molecule is Cc1c(Cl)c(C)c(Cl)c(OCC(=O)Nc2nc3ccc(Cl)cc3s2)c1Cl. The number of carbonyl (C=O) groups is 1. The van der Waals surface area contributed by atoms with Gasteiger partial charge in [-0.2, -0.15) is 0 Å². The van der Waals surface area contributed by atoms with Gasteiger partial charge in [0.15, 0.2) is 17.5 Å². The molecule has 1 N–H and O–H groups in total. The van der Waals surface area contributed by atoms with E-state index in [0.29, 0.717) is 26.3 Å². The third kappa shape index (κ3) is 3.87. The minimum Gasteiger partial charge on any atom is -0.481 e. The Bertz CT molecular complexity index is 991. The van der Waals surface area contributed by atoms with Crippen LogP contribution in [-0.2, 0) is 4.79 Å². The number of rotatable bonds is 4. The number of nitrogens with one attached hydrogen (secondary N) is 1. The Morgan fingerprint density at radius 2 is 1.77 bits per heavy atom. The van der Waals surface area contributed by atoms with Crippen LogP contribution in [0, 0.1) is 13.8 Å². The molecule has 0 bridgehead atoms. The van der Waals surface area contributed by atoms with Crippen molar-refractivity contribution in [1.29, 1.82) is 0 Å². The number of hydrogen-bond acceptors (Lipinski definition) is 4. The van der Waals surface area contributed by atoms with Crippen molar-refractivity contribution in [3.8, 4) is 5.75 Å². The number of ether oxygens (including phenoxy) is 1. The van der Waals surface area contributed by atoms with Crippen LogP contribution in [0.3, 0.4) is 0 Å². The van der Waals surface area contributed by atoms with Crippen molar-refractivity contribution in [2.24, 2.45) is 0 Å². The fraction of sp³-hybridized carbons (Fsp3) is 0.176. The molecule has 0 radical (unpaired) electrons. The second-order valence-corrected chi connectivity index (χ2v) is 8.09. The van der Waals surface area contributed by atoms with Crippen LogP contribution < -0.4 is 10.1 Å². The van der Waals surface area contributed by atoms with Crippen LogP contribution in [0.25, 0.3) is 10.2 Å². The predicted octanol–water partition coefficient (Wildman–Crippen LogP) is 6.54. The molecule has 0 atom stereocenters. The molecule has 1 amide bonds. The van der Waals surface area contributed by atoms with Gasteiger partial charge in [0.2, 0.25) is 0 Å². The van der Waals surface area contributed by atoms with E-state index >= 15 is 0 Å². The van der Waals surface area contributed by atoms with Gasteiger partial charge in [-0.3, -0.25) is 10.1 Å². The van der Waals surface area contributed by atoms with E-state index in [9.17, 15) is 4.79 Å². The number of carbonyl (C=O) groups excluding carboxylic acids is 1. The molecule has 9 heteroatoms. The van der Waals surface area contributed by atoms with Crippen molar-refractivity contribution in [2.45, 2.75) is 13.8 Å². The maximum absolute atomic E-state index is 12.2. The molecule has 136 valence electrons. The highest BCUT2D eigenvalue weighted by Gasteiger charge is 2.19. The molecule has 0 fully saturated rings. The van der Waals surface area contributed by atoms with E-state index in [1.54, 1.807) is 32.0 Å². The molecule has 0 saturated heterocycles. The lowest BCUT2D eigenvalue weighted by Gasteiger charge is -2.15. The van der Waals surface area contributed by atoms with Crippen molar-refractivity contribution in [2.75, 3.05) is 11.9 Å². The highest BCUT2D eigenvalue weighted by molar-refractivity contribution is 7.22. The molecule has 2 aromatic carbocycles. The Labute approximate surface area is 174 Å². The fourth-order valence-electron chi connectivity index (χ4n) is 2.28. The smallest absolute Gasteiger partial charge is 0.264 e. The first-order chi connectivity index (χ1) is 12.3.